The molecule has 2 amide bonds. The lowest BCUT2D eigenvalue weighted by molar-refractivity contribution is 0.0940. The van der Waals surface area contributed by atoms with Crippen LogP contribution in [-0.4, -0.2) is 25.5 Å². The highest BCUT2D eigenvalue weighted by molar-refractivity contribution is 7.12. The van der Waals surface area contributed by atoms with Crippen molar-refractivity contribution < 1.29 is 14.3 Å². The summed E-state index contributed by atoms with van der Waals surface area (Å²) in [7, 11) is 1.68. The normalized spacial score (nSPS) is 11.6. The molecule has 5 nitrogen and oxygen atoms in total. The molecule has 6 heteroatoms. The number of hydrogen-bond acceptors (Lipinski definition) is 4. The molecule has 3 rings (SSSR count). The lowest BCUT2D eigenvalue weighted by Crippen LogP contribution is -2.31. The van der Waals surface area contributed by atoms with E-state index >= 15 is 0 Å². The molecular formula is C23H24N2O3S. The fraction of sp³-hybridized carbons (Fsp3) is 0.217. The number of carbonyl (C=O) groups excluding carboxylic acids is 2. The molecule has 0 spiro atoms. The van der Waals surface area contributed by atoms with E-state index in [1.807, 2.05) is 55.6 Å². The summed E-state index contributed by atoms with van der Waals surface area (Å²) in [6.45, 7) is 4.48. The van der Waals surface area contributed by atoms with E-state index < -0.39 is 0 Å². The second-order valence-electron chi connectivity index (χ2n) is 6.56. The third-order valence-electron chi connectivity index (χ3n) is 4.59. The summed E-state index contributed by atoms with van der Waals surface area (Å²) in [5.74, 6) is 0.432. The van der Waals surface area contributed by atoms with Crippen LogP contribution in [0.3, 0.4) is 0 Å². The Balaban J connectivity index is 1.76. The summed E-state index contributed by atoms with van der Waals surface area (Å²) < 4.78 is 5.46. The average Bonchev–Trinajstić information content (AvgIpc) is 3.28. The highest BCUT2D eigenvalue weighted by atomic mass is 32.1. The standard InChI is InChI=1S/C23H24N2O3S/c1-4-28-18-13-11-17(12-14-18)16(2)24-22(26)19-8-5-6-9-20(19)25(3)23(27)21-10-7-15-29-21/h5-16H,4H2,1-3H3,(H,24,26). The van der Waals surface area contributed by atoms with Crippen LogP contribution in [0.15, 0.2) is 66.0 Å². The molecule has 1 N–H and O–H groups in total. The van der Waals surface area contributed by atoms with E-state index in [0.29, 0.717) is 22.7 Å². The van der Waals surface area contributed by atoms with Crippen molar-refractivity contribution in [2.75, 3.05) is 18.6 Å². The van der Waals surface area contributed by atoms with E-state index in [0.717, 1.165) is 11.3 Å². The SMILES string of the molecule is CCOc1ccc(C(C)NC(=O)c2ccccc2N(C)C(=O)c2cccs2)cc1. The molecular weight excluding hydrogens is 384 g/mol. The predicted molar refractivity (Wildman–Crippen MR) is 117 cm³/mol. The van der Waals surface area contributed by atoms with E-state index in [1.54, 1.807) is 31.3 Å². The Morgan fingerprint density at radius 2 is 1.79 bits per heavy atom. The topological polar surface area (TPSA) is 58.6 Å². The van der Waals surface area contributed by atoms with Crippen LogP contribution in [0, 0.1) is 0 Å². The molecule has 0 bridgehead atoms. The van der Waals surface area contributed by atoms with Crippen LogP contribution in [0.2, 0.25) is 0 Å². The summed E-state index contributed by atoms with van der Waals surface area (Å²) in [5, 5.41) is 4.88. The minimum atomic E-state index is -0.229. The number of rotatable bonds is 7. The van der Waals surface area contributed by atoms with Gasteiger partial charge in [0.2, 0.25) is 0 Å². The summed E-state index contributed by atoms with van der Waals surface area (Å²) in [6, 6.07) is 18.2. The zero-order chi connectivity index (χ0) is 20.8. The first-order chi connectivity index (χ1) is 14.0. The first-order valence-corrected chi connectivity index (χ1v) is 10.3. The van der Waals surface area contributed by atoms with Crippen LogP contribution in [-0.2, 0) is 0 Å². The van der Waals surface area contributed by atoms with Crippen molar-refractivity contribution in [3.63, 3.8) is 0 Å². The Labute approximate surface area is 174 Å². The highest BCUT2D eigenvalue weighted by Gasteiger charge is 2.21. The first-order valence-electron chi connectivity index (χ1n) is 9.45. The van der Waals surface area contributed by atoms with E-state index in [1.165, 1.54) is 16.2 Å². The smallest absolute Gasteiger partial charge is 0.268 e. The predicted octanol–water partition coefficient (Wildman–Crippen LogP) is 4.91. The first kappa shape index (κ1) is 20.6. The number of thiophene rings is 1. The van der Waals surface area contributed by atoms with Crippen molar-refractivity contribution >= 4 is 28.8 Å². The van der Waals surface area contributed by atoms with Crippen LogP contribution in [0.25, 0.3) is 0 Å². The van der Waals surface area contributed by atoms with Gasteiger partial charge in [-0.05, 0) is 55.1 Å². The van der Waals surface area contributed by atoms with Crippen molar-refractivity contribution in [2.45, 2.75) is 19.9 Å². The Bertz CT molecular complexity index is 968. The summed E-state index contributed by atoms with van der Waals surface area (Å²) >= 11 is 1.38. The van der Waals surface area contributed by atoms with Crippen LogP contribution in [0.4, 0.5) is 5.69 Å². The van der Waals surface area contributed by atoms with Crippen LogP contribution in [0.1, 0.15) is 45.5 Å². The van der Waals surface area contributed by atoms with Gasteiger partial charge in [-0.15, -0.1) is 11.3 Å². The van der Waals surface area contributed by atoms with Crippen molar-refractivity contribution in [1.82, 2.24) is 5.32 Å². The van der Waals surface area contributed by atoms with Crippen LogP contribution >= 0.6 is 11.3 Å². The number of nitrogens with zero attached hydrogens (tertiary/aromatic N) is 1. The molecule has 0 aliphatic heterocycles. The van der Waals surface area contributed by atoms with E-state index in [4.69, 9.17) is 4.74 Å². The van der Waals surface area contributed by atoms with Gasteiger partial charge in [-0.3, -0.25) is 9.59 Å². The second kappa shape index (κ2) is 9.39. The number of para-hydroxylation sites is 1. The summed E-state index contributed by atoms with van der Waals surface area (Å²) in [5.41, 5.74) is 2.00. The molecule has 29 heavy (non-hydrogen) atoms. The van der Waals surface area contributed by atoms with Gasteiger partial charge in [-0.2, -0.15) is 0 Å². The maximum absolute atomic E-state index is 13.0. The van der Waals surface area contributed by atoms with Gasteiger partial charge >= 0.3 is 0 Å². The lowest BCUT2D eigenvalue weighted by Gasteiger charge is -2.21. The Kier molecular flexibility index (Phi) is 6.67. The molecule has 2 aromatic carbocycles. The number of hydrogen-bond donors (Lipinski definition) is 1. The van der Waals surface area contributed by atoms with E-state index in [-0.39, 0.29) is 17.9 Å². The van der Waals surface area contributed by atoms with Gasteiger partial charge in [-0.25, -0.2) is 0 Å². The van der Waals surface area contributed by atoms with E-state index in [9.17, 15) is 9.59 Å². The van der Waals surface area contributed by atoms with Gasteiger partial charge in [-0.1, -0.05) is 30.3 Å². The molecule has 150 valence electrons. The monoisotopic (exact) mass is 408 g/mol. The van der Waals surface area contributed by atoms with Gasteiger partial charge in [0.05, 0.1) is 28.8 Å². The highest BCUT2D eigenvalue weighted by Crippen LogP contribution is 2.24. The summed E-state index contributed by atoms with van der Waals surface area (Å²) in [4.78, 5) is 27.8. The minimum Gasteiger partial charge on any atom is -0.494 e. The largest absolute Gasteiger partial charge is 0.494 e. The van der Waals surface area contributed by atoms with Crippen molar-refractivity contribution in [1.29, 1.82) is 0 Å². The van der Waals surface area contributed by atoms with Gasteiger partial charge in [0.15, 0.2) is 0 Å². The molecule has 1 atom stereocenters. The van der Waals surface area contributed by atoms with Gasteiger partial charge in [0.1, 0.15) is 5.75 Å². The number of benzene rings is 2. The summed E-state index contributed by atoms with van der Waals surface area (Å²) in [6.07, 6.45) is 0. The number of nitrogens with one attached hydrogen (secondary N) is 1. The Morgan fingerprint density at radius 1 is 1.07 bits per heavy atom. The lowest BCUT2D eigenvalue weighted by atomic mass is 10.1. The molecule has 1 unspecified atom stereocenters. The third-order valence-corrected chi connectivity index (χ3v) is 5.44. The van der Waals surface area contributed by atoms with Crippen molar-refractivity contribution in [2.24, 2.45) is 0 Å². The van der Waals surface area contributed by atoms with Crippen LogP contribution in [0.5, 0.6) is 5.75 Å². The fourth-order valence-electron chi connectivity index (χ4n) is 3.01. The van der Waals surface area contributed by atoms with Gasteiger partial charge in [0, 0.05) is 7.05 Å². The van der Waals surface area contributed by atoms with Gasteiger partial charge in [0.25, 0.3) is 11.8 Å². The molecule has 0 saturated carbocycles. The molecule has 0 aliphatic carbocycles. The minimum absolute atomic E-state index is 0.139. The number of amides is 2. The third kappa shape index (κ3) is 4.84. The molecule has 0 fully saturated rings. The fourth-order valence-corrected chi connectivity index (χ4v) is 3.71. The number of anilines is 1. The maximum atomic E-state index is 13.0. The van der Waals surface area contributed by atoms with Crippen molar-refractivity contribution in [3.8, 4) is 5.75 Å². The average molecular weight is 409 g/mol. The Morgan fingerprint density at radius 3 is 2.45 bits per heavy atom. The molecule has 1 heterocycles. The molecule has 3 aromatic rings. The number of carbonyl (C=O) groups is 2. The second-order valence-corrected chi connectivity index (χ2v) is 7.50. The quantitative estimate of drug-likeness (QED) is 0.604. The molecule has 0 saturated heterocycles. The maximum Gasteiger partial charge on any atom is 0.268 e. The van der Waals surface area contributed by atoms with E-state index in [2.05, 4.69) is 5.32 Å². The zero-order valence-corrected chi connectivity index (χ0v) is 17.5. The molecule has 0 radical (unpaired) electrons. The molecule has 1 aromatic heterocycles. The van der Waals surface area contributed by atoms with Crippen molar-refractivity contribution in [3.05, 3.63) is 82.0 Å². The zero-order valence-electron chi connectivity index (χ0n) is 16.7. The van der Waals surface area contributed by atoms with Gasteiger partial charge < -0.3 is 15.0 Å². The Hall–Kier alpha value is -3.12. The van der Waals surface area contributed by atoms with Crippen LogP contribution < -0.4 is 15.0 Å². The molecule has 0 aliphatic rings. The number of ether oxygens (including phenoxy) is 1.